The Hall–Kier alpha value is -0.910. The molecular weight excluding hydrogens is 310 g/mol. The van der Waals surface area contributed by atoms with E-state index in [4.69, 9.17) is 0 Å². The number of hydrogen-bond donors (Lipinski definition) is 1. The standard InChI is InChI=1S/C18H27NO3S/c1-4-5-12-18-13-6-11-17(3,20)16(18)19(18)23(21,22)15-9-7-14(2)8-10-15/h7-10,16,20H,4-6,11-13H2,1-3H3/t16-,17-,18+,19?/m0/s1. The van der Waals surface area contributed by atoms with E-state index in [1.54, 1.807) is 23.4 Å². The molecule has 23 heavy (non-hydrogen) atoms. The van der Waals surface area contributed by atoms with Gasteiger partial charge in [0.1, 0.15) is 0 Å². The van der Waals surface area contributed by atoms with Crippen molar-refractivity contribution in [3.63, 3.8) is 0 Å². The number of benzene rings is 1. The molecule has 1 N–H and O–H groups in total. The van der Waals surface area contributed by atoms with E-state index in [-0.39, 0.29) is 11.6 Å². The summed E-state index contributed by atoms with van der Waals surface area (Å²) in [5.41, 5.74) is -0.259. The molecule has 1 aromatic carbocycles. The molecule has 4 nitrogen and oxygen atoms in total. The van der Waals surface area contributed by atoms with Gasteiger partial charge < -0.3 is 5.11 Å². The average Bonchev–Trinajstić information content (AvgIpc) is 3.17. The molecule has 0 spiro atoms. The molecule has 1 unspecified atom stereocenters. The van der Waals surface area contributed by atoms with Crippen molar-refractivity contribution in [3.05, 3.63) is 29.8 Å². The third kappa shape index (κ3) is 2.63. The van der Waals surface area contributed by atoms with Gasteiger partial charge in [0.05, 0.1) is 22.1 Å². The Labute approximate surface area is 139 Å². The van der Waals surface area contributed by atoms with Gasteiger partial charge in [0.15, 0.2) is 0 Å². The number of unbranched alkanes of at least 4 members (excludes halogenated alkanes) is 1. The van der Waals surface area contributed by atoms with E-state index < -0.39 is 15.6 Å². The highest BCUT2D eigenvalue weighted by Gasteiger charge is 2.74. The Morgan fingerprint density at radius 1 is 1.26 bits per heavy atom. The lowest BCUT2D eigenvalue weighted by Crippen LogP contribution is -2.40. The molecule has 128 valence electrons. The van der Waals surface area contributed by atoms with Crippen LogP contribution in [0.2, 0.25) is 0 Å². The number of nitrogens with zero attached hydrogens (tertiary/aromatic N) is 1. The summed E-state index contributed by atoms with van der Waals surface area (Å²) in [6, 6.07) is 6.74. The first kappa shape index (κ1) is 16.9. The largest absolute Gasteiger partial charge is 0.388 e. The molecule has 1 aromatic rings. The average molecular weight is 337 g/mol. The summed E-state index contributed by atoms with van der Waals surface area (Å²) < 4.78 is 27.9. The summed E-state index contributed by atoms with van der Waals surface area (Å²) in [4.78, 5) is 0.337. The lowest BCUT2D eigenvalue weighted by atomic mass is 9.77. The highest BCUT2D eigenvalue weighted by molar-refractivity contribution is 7.89. The van der Waals surface area contributed by atoms with Crippen molar-refractivity contribution in [3.8, 4) is 0 Å². The number of hydrogen-bond acceptors (Lipinski definition) is 3. The second-order valence-electron chi connectivity index (χ2n) is 7.43. The molecule has 1 saturated heterocycles. The van der Waals surface area contributed by atoms with Crippen LogP contribution in [0.1, 0.15) is 57.9 Å². The minimum Gasteiger partial charge on any atom is -0.388 e. The van der Waals surface area contributed by atoms with Crippen LogP contribution in [0.25, 0.3) is 0 Å². The smallest absolute Gasteiger partial charge is 0.244 e. The van der Waals surface area contributed by atoms with Gasteiger partial charge in [-0.05, 0) is 51.7 Å². The molecule has 0 bridgehead atoms. The van der Waals surface area contributed by atoms with Crippen LogP contribution in [0.15, 0.2) is 29.2 Å². The normalized spacial score (nSPS) is 36.5. The summed E-state index contributed by atoms with van der Waals surface area (Å²) in [6.45, 7) is 5.86. The molecule has 1 aliphatic heterocycles. The Kier molecular flexibility index (Phi) is 4.10. The first-order chi connectivity index (χ1) is 10.8. The number of rotatable bonds is 5. The van der Waals surface area contributed by atoms with Crippen molar-refractivity contribution < 1.29 is 13.5 Å². The Morgan fingerprint density at radius 3 is 2.52 bits per heavy atom. The topological polar surface area (TPSA) is 57.4 Å². The van der Waals surface area contributed by atoms with Crippen LogP contribution < -0.4 is 0 Å². The molecule has 3 rings (SSSR count). The van der Waals surface area contributed by atoms with Gasteiger partial charge in [0, 0.05) is 0 Å². The summed E-state index contributed by atoms with van der Waals surface area (Å²) >= 11 is 0. The minimum atomic E-state index is -3.55. The molecule has 0 amide bonds. The predicted octanol–water partition coefficient (Wildman–Crippen LogP) is 3.23. The van der Waals surface area contributed by atoms with E-state index in [2.05, 4.69) is 6.92 Å². The zero-order chi connectivity index (χ0) is 16.9. The number of aliphatic hydroxyl groups is 1. The summed E-state index contributed by atoms with van der Waals surface area (Å²) in [6.07, 6.45) is 5.29. The van der Waals surface area contributed by atoms with E-state index >= 15 is 0 Å². The van der Waals surface area contributed by atoms with E-state index in [1.165, 1.54) is 0 Å². The van der Waals surface area contributed by atoms with E-state index in [0.29, 0.717) is 11.3 Å². The monoisotopic (exact) mass is 337 g/mol. The molecule has 4 atom stereocenters. The summed E-state index contributed by atoms with van der Waals surface area (Å²) in [5.74, 6) is 0. The van der Waals surface area contributed by atoms with Gasteiger partial charge in [-0.1, -0.05) is 37.5 Å². The maximum atomic E-state index is 13.1. The molecule has 2 aliphatic rings. The number of aryl methyl sites for hydroxylation is 1. The van der Waals surface area contributed by atoms with Gasteiger partial charge in [-0.15, -0.1) is 0 Å². The van der Waals surface area contributed by atoms with Gasteiger partial charge >= 0.3 is 0 Å². The Morgan fingerprint density at radius 2 is 1.91 bits per heavy atom. The van der Waals surface area contributed by atoms with Crippen LogP contribution in [0.4, 0.5) is 0 Å². The Balaban J connectivity index is 1.98. The highest BCUT2D eigenvalue weighted by atomic mass is 32.2. The fourth-order valence-corrected chi connectivity index (χ4v) is 6.49. The third-order valence-corrected chi connectivity index (χ3v) is 7.50. The molecule has 1 saturated carbocycles. The van der Waals surface area contributed by atoms with Crippen LogP contribution in [-0.4, -0.2) is 35.0 Å². The molecule has 1 aliphatic carbocycles. The molecule has 1 heterocycles. The van der Waals surface area contributed by atoms with Crippen molar-refractivity contribution in [2.24, 2.45) is 0 Å². The second kappa shape index (κ2) is 5.57. The first-order valence-electron chi connectivity index (χ1n) is 8.59. The molecule has 5 heteroatoms. The summed E-state index contributed by atoms with van der Waals surface area (Å²) in [7, 11) is -3.55. The highest BCUT2D eigenvalue weighted by Crippen LogP contribution is 2.60. The maximum Gasteiger partial charge on any atom is 0.244 e. The molecule has 2 fully saturated rings. The maximum absolute atomic E-state index is 13.1. The van der Waals surface area contributed by atoms with Gasteiger partial charge in [0.25, 0.3) is 0 Å². The zero-order valence-electron chi connectivity index (χ0n) is 14.2. The van der Waals surface area contributed by atoms with Crippen LogP contribution in [0, 0.1) is 6.92 Å². The predicted molar refractivity (Wildman–Crippen MR) is 90.7 cm³/mol. The van der Waals surface area contributed by atoms with E-state index in [9.17, 15) is 13.5 Å². The van der Waals surface area contributed by atoms with Crippen molar-refractivity contribution in [1.29, 1.82) is 0 Å². The number of sulfonamides is 1. The van der Waals surface area contributed by atoms with Crippen LogP contribution in [0.5, 0.6) is 0 Å². The summed E-state index contributed by atoms with van der Waals surface area (Å²) in [5, 5.41) is 10.8. The third-order valence-electron chi connectivity index (χ3n) is 5.54. The van der Waals surface area contributed by atoms with Crippen molar-refractivity contribution >= 4 is 10.0 Å². The van der Waals surface area contributed by atoms with Crippen molar-refractivity contribution in [2.75, 3.05) is 0 Å². The molecule has 0 aromatic heterocycles. The zero-order valence-corrected chi connectivity index (χ0v) is 15.1. The van der Waals surface area contributed by atoms with E-state index in [1.807, 2.05) is 19.1 Å². The lowest BCUT2D eigenvalue weighted by Gasteiger charge is -2.30. The van der Waals surface area contributed by atoms with Crippen LogP contribution in [-0.2, 0) is 10.0 Å². The number of fused-ring (bicyclic) bond motifs is 1. The van der Waals surface area contributed by atoms with Gasteiger partial charge in [0.2, 0.25) is 10.0 Å². The van der Waals surface area contributed by atoms with E-state index in [0.717, 1.165) is 37.7 Å². The van der Waals surface area contributed by atoms with Crippen molar-refractivity contribution in [2.45, 2.75) is 81.4 Å². The lowest BCUT2D eigenvalue weighted by molar-refractivity contribution is 0.0244. The Bertz CT molecular complexity index is 681. The van der Waals surface area contributed by atoms with Crippen LogP contribution in [0.3, 0.4) is 0 Å². The van der Waals surface area contributed by atoms with Crippen molar-refractivity contribution in [1.82, 2.24) is 4.31 Å². The SMILES string of the molecule is CCCC[C@@]12CCC[C@](C)(O)[C@@H]1N2S(=O)(=O)c1ccc(C)cc1. The fourth-order valence-electron chi connectivity index (χ4n) is 4.37. The van der Waals surface area contributed by atoms with Gasteiger partial charge in [-0.2, -0.15) is 4.31 Å². The first-order valence-corrected chi connectivity index (χ1v) is 10.0. The molecular formula is C18H27NO3S. The minimum absolute atomic E-state index is 0.276. The second-order valence-corrected chi connectivity index (χ2v) is 9.25. The molecule has 0 radical (unpaired) electrons. The van der Waals surface area contributed by atoms with Crippen LogP contribution >= 0.6 is 0 Å². The fraction of sp³-hybridized carbons (Fsp3) is 0.667. The van der Waals surface area contributed by atoms with Gasteiger partial charge in [-0.3, -0.25) is 0 Å². The van der Waals surface area contributed by atoms with Gasteiger partial charge in [-0.25, -0.2) is 8.42 Å². The quantitative estimate of drug-likeness (QED) is 0.839.